The van der Waals surface area contributed by atoms with Gasteiger partial charge in [-0.05, 0) is 24.3 Å². The first-order chi connectivity index (χ1) is 11.8. The van der Waals surface area contributed by atoms with Crippen LogP contribution in [-0.2, 0) is 4.74 Å². The van der Waals surface area contributed by atoms with Gasteiger partial charge in [0.05, 0.1) is 23.2 Å². The number of esters is 1. The highest BCUT2D eigenvalue weighted by atomic mass is 19.1. The summed E-state index contributed by atoms with van der Waals surface area (Å²) in [5.41, 5.74) is 4.87. The molecule has 2 rings (SSSR count). The Morgan fingerprint density at radius 2 is 1.92 bits per heavy atom. The molecule has 0 radical (unpaired) electrons. The third kappa shape index (κ3) is 4.08. The minimum absolute atomic E-state index is 0.0358. The van der Waals surface area contributed by atoms with Crippen LogP contribution < -0.4 is 10.5 Å². The van der Waals surface area contributed by atoms with Crippen LogP contribution in [0, 0.1) is 15.9 Å². The molecule has 2 N–H and O–H groups in total. The second-order valence-electron chi connectivity index (χ2n) is 4.87. The second-order valence-corrected chi connectivity index (χ2v) is 4.87. The molecule has 0 heterocycles. The molecule has 8 nitrogen and oxygen atoms in total. The molecule has 2 aromatic rings. The fourth-order valence-corrected chi connectivity index (χ4v) is 2.02. The average molecular weight is 348 g/mol. The van der Waals surface area contributed by atoms with E-state index in [1.165, 1.54) is 19.2 Å². The van der Waals surface area contributed by atoms with Gasteiger partial charge >= 0.3 is 5.97 Å². The number of benzene rings is 2. The lowest BCUT2D eigenvalue weighted by atomic mass is 10.1. The molecule has 9 heteroatoms. The van der Waals surface area contributed by atoms with Crippen LogP contribution in [0.3, 0.4) is 0 Å². The van der Waals surface area contributed by atoms with Crippen molar-refractivity contribution in [3.63, 3.8) is 0 Å². The minimum atomic E-state index is -1.01. The second kappa shape index (κ2) is 7.39. The van der Waals surface area contributed by atoms with Crippen molar-refractivity contribution in [2.45, 2.75) is 0 Å². The lowest BCUT2D eigenvalue weighted by Gasteiger charge is -2.09. The van der Waals surface area contributed by atoms with Gasteiger partial charge in [0, 0.05) is 17.8 Å². The van der Waals surface area contributed by atoms with Crippen LogP contribution in [0.15, 0.2) is 36.4 Å². The Bertz CT molecular complexity index is 853. The van der Waals surface area contributed by atoms with E-state index >= 15 is 0 Å². The van der Waals surface area contributed by atoms with Crippen molar-refractivity contribution in [1.29, 1.82) is 0 Å². The average Bonchev–Trinajstić information content (AvgIpc) is 2.59. The number of non-ortho nitro benzene ring substituents is 1. The van der Waals surface area contributed by atoms with Gasteiger partial charge in [-0.15, -0.1) is 0 Å². The maximum Gasteiger partial charge on any atom is 0.340 e. The van der Waals surface area contributed by atoms with Gasteiger partial charge in [0.15, 0.2) is 6.61 Å². The molecule has 0 bridgehead atoms. The van der Waals surface area contributed by atoms with Crippen molar-refractivity contribution in [3.8, 4) is 5.75 Å². The van der Waals surface area contributed by atoms with Crippen LogP contribution >= 0.6 is 0 Å². The van der Waals surface area contributed by atoms with Gasteiger partial charge in [0.1, 0.15) is 11.6 Å². The number of carbonyl (C=O) groups is 2. The maximum absolute atomic E-state index is 13.3. The largest absolute Gasteiger partial charge is 0.496 e. The zero-order chi connectivity index (χ0) is 18.6. The predicted octanol–water partition coefficient (Wildman–Crippen LogP) is 2.36. The van der Waals surface area contributed by atoms with Crippen LogP contribution in [0.2, 0.25) is 0 Å². The molecule has 0 saturated carbocycles. The van der Waals surface area contributed by atoms with E-state index in [9.17, 15) is 24.1 Å². The van der Waals surface area contributed by atoms with Crippen molar-refractivity contribution in [2.24, 2.45) is 0 Å². The number of nitro benzene ring substituents is 1. The highest BCUT2D eigenvalue weighted by Crippen LogP contribution is 2.22. The molecule has 0 spiro atoms. The van der Waals surface area contributed by atoms with E-state index in [1.54, 1.807) is 0 Å². The highest BCUT2D eigenvalue weighted by molar-refractivity contribution is 6.02. The highest BCUT2D eigenvalue weighted by Gasteiger charge is 2.20. The summed E-state index contributed by atoms with van der Waals surface area (Å²) in [6.07, 6.45) is 0. The first kappa shape index (κ1) is 17.9. The van der Waals surface area contributed by atoms with E-state index in [2.05, 4.69) is 0 Å². The number of hydrogen-bond donors (Lipinski definition) is 1. The van der Waals surface area contributed by atoms with Gasteiger partial charge < -0.3 is 15.2 Å². The Balaban J connectivity index is 2.15. The molecular formula is C16H13FN2O6. The quantitative estimate of drug-likeness (QED) is 0.279. The number of carbonyl (C=O) groups excluding carboxylic acids is 2. The number of Topliss-reactive ketones (excluding diaryl/α,β-unsaturated/α-hetero) is 1. The Morgan fingerprint density at radius 3 is 2.56 bits per heavy atom. The Hall–Kier alpha value is -3.49. The summed E-state index contributed by atoms with van der Waals surface area (Å²) in [4.78, 5) is 34.2. The monoisotopic (exact) mass is 348 g/mol. The van der Waals surface area contributed by atoms with Gasteiger partial charge in [-0.1, -0.05) is 0 Å². The van der Waals surface area contributed by atoms with E-state index in [0.29, 0.717) is 0 Å². The van der Waals surface area contributed by atoms with Crippen LogP contribution in [0.25, 0.3) is 0 Å². The normalized spacial score (nSPS) is 10.2. The number of anilines is 1. The van der Waals surface area contributed by atoms with Gasteiger partial charge in [-0.3, -0.25) is 14.9 Å². The summed E-state index contributed by atoms with van der Waals surface area (Å²) < 4.78 is 23.1. The number of ether oxygens (including phenoxy) is 2. The molecule has 25 heavy (non-hydrogen) atoms. The van der Waals surface area contributed by atoms with Crippen molar-refractivity contribution >= 4 is 23.1 Å². The van der Waals surface area contributed by atoms with E-state index in [0.717, 1.165) is 24.3 Å². The van der Waals surface area contributed by atoms with Gasteiger partial charge in [-0.25, -0.2) is 9.18 Å². The number of nitrogen functional groups attached to an aromatic ring is 1. The van der Waals surface area contributed by atoms with Crippen LogP contribution in [0.5, 0.6) is 5.75 Å². The summed E-state index contributed by atoms with van der Waals surface area (Å²) in [5, 5.41) is 10.7. The molecule has 0 aliphatic carbocycles. The number of ketones is 1. The third-order valence-corrected chi connectivity index (χ3v) is 3.26. The molecule has 0 atom stereocenters. The van der Waals surface area contributed by atoms with Crippen LogP contribution in [-0.4, -0.2) is 30.4 Å². The number of hydrogen-bond acceptors (Lipinski definition) is 7. The fourth-order valence-electron chi connectivity index (χ4n) is 2.02. The van der Waals surface area contributed by atoms with Crippen molar-refractivity contribution < 1.29 is 28.4 Å². The number of halogens is 1. The number of methoxy groups -OCH3 is 1. The standard InChI is InChI=1S/C16H13FN2O6/c1-24-15-5-2-9(17)6-12(15)14(20)8-25-16(21)11-7-10(19(22)23)3-4-13(11)18/h2-7H,8,18H2,1H3. The molecule has 0 aromatic heterocycles. The Kier molecular flexibility index (Phi) is 5.28. The zero-order valence-corrected chi connectivity index (χ0v) is 13.0. The lowest BCUT2D eigenvalue weighted by molar-refractivity contribution is -0.384. The first-order valence-corrected chi connectivity index (χ1v) is 6.91. The van der Waals surface area contributed by atoms with E-state index in [-0.39, 0.29) is 28.3 Å². The number of nitro groups is 1. The summed E-state index contributed by atoms with van der Waals surface area (Å²) >= 11 is 0. The Labute approximate surface area is 141 Å². The van der Waals surface area contributed by atoms with Gasteiger partial charge in [-0.2, -0.15) is 0 Å². The Morgan fingerprint density at radius 1 is 1.20 bits per heavy atom. The van der Waals surface area contributed by atoms with E-state index in [1.807, 2.05) is 0 Å². The van der Waals surface area contributed by atoms with Crippen LogP contribution in [0.4, 0.5) is 15.8 Å². The zero-order valence-electron chi connectivity index (χ0n) is 13.0. The molecule has 130 valence electrons. The molecule has 2 aromatic carbocycles. The van der Waals surface area contributed by atoms with Crippen molar-refractivity contribution in [2.75, 3.05) is 19.5 Å². The molecule has 0 aliphatic rings. The summed E-state index contributed by atoms with van der Waals surface area (Å²) in [5.74, 6) is -2.24. The number of rotatable bonds is 6. The van der Waals surface area contributed by atoms with E-state index < -0.39 is 29.1 Å². The van der Waals surface area contributed by atoms with Crippen LogP contribution in [0.1, 0.15) is 20.7 Å². The molecule has 0 unspecified atom stereocenters. The fraction of sp³-hybridized carbons (Fsp3) is 0.125. The summed E-state index contributed by atoms with van der Waals surface area (Å²) in [6.45, 7) is -0.708. The predicted molar refractivity (Wildman–Crippen MR) is 85.1 cm³/mol. The molecule has 0 amide bonds. The molecule has 0 fully saturated rings. The van der Waals surface area contributed by atoms with Crippen molar-refractivity contribution in [3.05, 3.63) is 63.5 Å². The maximum atomic E-state index is 13.3. The molecule has 0 saturated heterocycles. The molecule has 0 aliphatic heterocycles. The topological polar surface area (TPSA) is 122 Å². The van der Waals surface area contributed by atoms with Gasteiger partial charge in [0.25, 0.3) is 5.69 Å². The minimum Gasteiger partial charge on any atom is -0.496 e. The lowest BCUT2D eigenvalue weighted by Crippen LogP contribution is -2.16. The smallest absolute Gasteiger partial charge is 0.340 e. The number of nitrogens with zero attached hydrogens (tertiary/aromatic N) is 1. The first-order valence-electron chi connectivity index (χ1n) is 6.91. The number of nitrogens with two attached hydrogens (primary N) is 1. The van der Waals surface area contributed by atoms with Gasteiger partial charge in [0.2, 0.25) is 5.78 Å². The third-order valence-electron chi connectivity index (χ3n) is 3.26. The summed E-state index contributed by atoms with van der Waals surface area (Å²) in [7, 11) is 1.31. The van der Waals surface area contributed by atoms with E-state index in [4.69, 9.17) is 15.2 Å². The SMILES string of the molecule is COc1ccc(F)cc1C(=O)COC(=O)c1cc([N+](=O)[O-])ccc1N. The molecular weight excluding hydrogens is 335 g/mol. The van der Waals surface area contributed by atoms with Crippen molar-refractivity contribution in [1.82, 2.24) is 0 Å². The summed E-state index contributed by atoms with van der Waals surface area (Å²) in [6, 6.07) is 6.61.